The Morgan fingerprint density at radius 1 is 1.67 bits per heavy atom. The van der Waals surface area contributed by atoms with Crippen molar-refractivity contribution in [2.24, 2.45) is 5.92 Å². The zero-order valence-electron chi connectivity index (χ0n) is 6.56. The third kappa shape index (κ3) is 3.13. The van der Waals surface area contributed by atoms with E-state index >= 15 is 0 Å². The number of alkyl halides is 2. The molecule has 5 heteroatoms. The number of ether oxygens (including phenoxy) is 1. The van der Waals surface area contributed by atoms with Gasteiger partial charge in [-0.2, -0.15) is 0 Å². The van der Waals surface area contributed by atoms with Crippen molar-refractivity contribution in [3.05, 3.63) is 0 Å². The molecular formula is C7H11F2NO2. The summed E-state index contributed by atoms with van der Waals surface area (Å²) in [5, 5.41) is 2.57. The van der Waals surface area contributed by atoms with Gasteiger partial charge in [0.05, 0.1) is 19.6 Å². The molecule has 70 valence electrons. The maximum Gasteiger partial charge on any atom is 0.306 e. The number of halogens is 2. The third-order valence-electron chi connectivity index (χ3n) is 1.67. The third-order valence-corrected chi connectivity index (χ3v) is 1.67. The van der Waals surface area contributed by atoms with Crippen molar-refractivity contribution in [2.75, 3.05) is 19.7 Å². The second kappa shape index (κ2) is 4.35. The second-order valence-corrected chi connectivity index (χ2v) is 2.80. The Bertz CT molecular complexity index is 163. The van der Waals surface area contributed by atoms with E-state index in [4.69, 9.17) is 0 Å². The number of nitrogens with one attached hydrogen (secondary N) is 1. The summed E-state index contributed by atoms with van der Waals surface area (Å²) < 4.78 is 27.9. The summed E-state index contributed by atoms with van der Waals surface area (Å²) in [5.41, 5.74) is 0. The molecule has 0 bridgehead atoms. The Labute approximate surface area is 69.1 Å². The number of esters is 1. The van der Waals surface area contributed by atoms with Crippen LogP contribution >= 0.6 is 0 Å². The van der Waals surface area contributed by atoms with Gasteiger partial charge in [0.1, 0.15) is 0 Å². The molecule has 12 heavy (non-hydrogen) atoms. The maximum absolute atomic E-state index is 11.6. The minimum absolute atomic E-state index is 0.0660. The summed E-state index contributed by atoms with van der Waals surface area (Å²) >= 11 is 0. The van der Waals surface area contributed by atoms with Crippen molar-refractivity contribution in [1.82, 2.24) is 5.32 Å². The van der Waals surface area contributed by atoms with Gasteiger partial charge in [-0.05, 0) is 0 Å². The smallest absolute Gasteiger partial charge is 0.306 e. The van der Waals surface area contributed by atoms with E-state index in [1.165, 1.54) is 0 Å². The van der Waals surface area contributed by atoms with Gasteiger partial charge in [0.25, 0.3) is 6.43 Å². The summed E-state index contributed by atoms with van der Waals surface area (Å²) in [6.07, 6.45) is -1.99. The van der Waals surface area contributed by atoms with Crippen LogP contribution in [0.4, 0.5) is 8.78 Å². The Hall–Kier alpha value is -0.710. The molecule has 0 aromatic carbocycles. The highest BCUT2D eigenvalue weighted by Crippen LogP contribution is 2.12. The van der Waals surface area contributed by atoms with Gasteiger partial charge < -0.3 is 10.1 Å². The lowest BCUT2D eigenvalue weighted by Crippen LogP contribution is -2.27. The molecule has 0 amide bonds. The highest BCUT2D eigenvalue weighted by Gasteiger charge is 2.23. The van der Waals surface area contributed by atoms with E-state index in [0.29, 0.717) is 19.6 Å². The van der Waals surface area contributed by atoms with Crippen LogP contribution < -0.4 is 5.32 Å². The molecule has 1 aliphatic heterocycles. The van der Waals surface area contributed by atoms with Gasteiger partial charge in [0.15, 0.2) is 0 Å². The fourth-order valence-electron chi connectivity index (χ4n) is 1.09. The zero-order valence-corrected chi connectivity index (χ0v) is 6.56. The maximum atomic E-state index is 11.6. The van der Waals surface area contributed by atoms with Crippen LogP contribution in [0.15, 0.2) is 0 Å². The van der Waals surface area contributed by atoms with Gasteiger partial charge in [0, 0.05) is 12.5 Å². The number of carbonyl (C=O) groups is 1. The van der Waals surface area contributed by atoms with E-state index < -0.39 is 6.43 Å². The topological polar surface area (TPSA) is 38.3 Å². The van der Waals surface area contributed by atoms with Crippen molar-refractivity contribution in [2.45, 2.75) is 12.8 Å². The largest absolute Gasteiger partial charge is 0.465 e. The van der Waals surface area contributed by atoms with Crippen molar-refractivity contribution >= 4 is 5.97 Å². The fourth-order valence-corrected chi connectivity index (χ4v) is 1.09. The quantitative estimate of drug-likeness (QED) is 0.635. The lowest BCUT2D eigenvalue weighted by atomic mass is 10.1. The molecule has 0 aliphatic carbocycles. The molecule has 0 spiro atoms. The van der Waals surface area contributed by atoms with Crippen LogP contribution in [-0.2, 0) is 9.53 Å². The number of rotatable bonds is 4. The lowest BCUT2D eigenvalue weighted by molar-refractivity contribution is -0.137. The van der Waals surface area contributed by atoms with Gasteiger partial charge in [0.2, 0.25) is 0 Å². The van der Waals surface area contributed by atoms with Crippen LogP contribution in [0.2, 0.25) is 0 Å². The first-order chi connectivity index (χ1) is 5.68. The van der Waals surface area contributed by atoms with Crippen molar-refractivity contribution in [1.29, 1.82) is 0 Å². The highest BCUT2D eigenvalue weighted by atomic mass is 19.3. The number of cyclic esters (lactones) is 1. The molecule has 3 nitrogen and oxygen atoms in total. The van der Waals surface area contributed by atoms with E-state index in [0.717, 1.165) is 0 Å². The minimum atomic E-state index is -2.33. The standard InChI is InChI=1S/C7H11F2NO2/c8-6(9)3-10-2-5-1-7(11)12-4-5/h5-6,10H,1-4H2. The minimum Gasteiger partial charge on any atom is -0.465 e. The predicted octanol–water partition coefficient (Wildman–Crippen LogP) is 0.404. The van der Waals surface area contributed by atoms with Crippen LogP contribution in [-0.4, -0.2) is 32.1 Å². The summed E-state index contributed by atoms with van der Waals surface area (Å²) in [7, 11) is 0. The SMILES string of the molecule is O=C1CC(CNCC(F)F)CO1. The highest BCUT2D eigenvalue weighted by molar-refractivity contribution is 5.71. The number of carbonyl (C=O) groups excluding carboxylic acids is 1. The molecule has 1 heterocycles. The Morgan fingerprint density at radius 3 is 2.92 bits per heavy atom. The van der Waals surface area contributed by atoms with Crippen molar-refractivity contribution in [3.63, 3.8) is 0 Å². The Kier molecular flexibility index (Phi) is 3.40. The molecule has 0 saturated carbocycles. The van der Waals surface area contributed by atoms with Gasteiger partial charge in [-0.3, -0.25) is 4.79 Å². The van der Waals surface area contributed by atoms with E-state index in [-0.39, 0.29) is 18.4 Å². The zero-order chi connectivity index (χ0) is 8.97. The van der Waals surface area contributed by atoms with Crippen LogP contribution in [0.1, 0.15) is 6.42 Å². The van der Waals surface area contributed by atoms with Gasteiger partial charge >= 0.3 is 5.97 Å². The van der Waals surface area contributed by atoms with Crippen LogP contribution in [0.3, 0.4) is 0 Å². The molecule has 1 atom stereocenters. The summed E-state index contributed by atoms with van der Waals surface area (Å²) in [4.78, 5) is 10.6. The Morgan fingerprint density at radius 2 is 2.42 bits per heavy atom. The van der Waals surface area contributed by atoms with E-state index in [9.17, 15) is 13.6 Å². The molecule has 1 fully saturated rings. The van der Waals surface area contributed by atoms with Crippen LogP contribution in [0.5, 0.6) is 0 Å². The molecule has 1 N–H and O–H groups in total. The summed E-state index contributed by atoms with van der Waals surface area (Å²) in [6.45, 7) is 0.468. The van der Waals surface area contributed by atoms with Crippen LogP contribution in [0, 0.1) is 5.92 Å². The number of hydrogen-bond acceptors (Lipinski definition) is 3. The first-order valence-electron chi connectivity index (χ1n) is 3.83. The van der Waals surface area contributed by atoms with E-state index in [1.807, 2.05) is 0 Å². The summed E-state index contributed by atoms with van der Waals surface area (Å²) in [6, 6.07) is 0. The van der Waals surface area contributed by atoms with E-state index in [2.05, 4.69) is 10.1 Å². The number of hydrogen-bond donors (Lipinski definition) is 1. The van der Waals surface area contributed by atoms with E-state index in [1.54, 1.807) is 0 Å². The molecule has 1 unspecified atom stereocenters. The molecule has 1 aliphatic rings. The molecule has 0 radical (unpaired) electrons. The first-order valence-corrected chi connectivity index (χ1v) is 3.83. The molecule has 0 aromatic rings. The first kappa shape index (κ1) is 9.38. The van der Waals surface area contributed by atoms with Crippen molar-refractivity contribution < 1.29 is 18.3 Å². The molecule has 1 saturated heterocycles. The fraction of sp³-hybridized carbons (Fsp3) is 0.857. The Balaban J connectivity index is 2.04. The van der Waals surface area contributed by atoms with Gasteiger partial charge in [-0.1, -0.05) is 0 Å². The van der Waals surface area contributed by atoms with Crippen molar-refractivity contribution in [3.8, 4) is 0 Å². The molecular weight excluding hydrogens is 168 g/mol. The van der Waals surface area contributed by atoms with Gasteiger partial charge in [-0.15, -0.1) is 0 Å². The molecule has 1 rings (SSSR count). The normalized spacial score (nSPS) is 23.2. The van der Waals surface area contributed by atoms with Crippen LogP contribution in [0.25, 0.3) is 0 Å². The average molecular weight is 179 g/mol. The lowest BCUT2D eigenvalue weighted by Gasteiger charge is -2.06. The molecule has 0 aromatic heterocycles. The average Bonchev–Trinajstić information content (AvgIpc) is 2.35. The second-order valence-electron chi connectivity index (χ2n) is 2.80. The van der Waals surface area contributed by atoms with Gasteiger partial charge in [-0.25, -0.2) is 8.78 Å². The predicted molar refractivity (Wildman–Crippen MR) is 37.9 cm³/mol. The monoisotopic (exact) mass is 179 g/mol. The summed E-state index contributed by atoms with van der Waals surface area (Å²) in [5.74, 6) is -0.171.